The molecule has 0 radical (unpaired) electrons. The first-order valence-electron chi connectivity index (χ1n) is 11.0. The molecule has 1 aliphatic carbocycles. The second kappa shape index (κ2) is 7.00. The van der Waals surface area contributed by atoms with Crippen molar-refractivity contribution in [2.24, 2.45) is 5.41 Å². The summed E-state index contributed by atoms with van der Waals surface area (Å²) < 4.78 is 2.31. The number of hydrogen-bond acceptors (Lipinski definition) is 6. The number of nitrogens with zero attached hydrogens (tertiary/aromatic N) is 7. The van der Waals surface area contributed by atoms with Crippen molar-refractivity contribution in [3.63, 3.8) is 0 Å². The molecule has 31 heavy (non-hydrogen) atoms. The van der Waals surface area contributed by atoms with Crippen LogP contribution in [0.15, 0.2) is 36.8 Å². The minimum Gasteiger partial charge on any atom is -0.354 e. The van der Waals surface area contributed by atoms with Crippen LogP contribution in [0.5, 0.6) is 0 Å². The van der Waals surface area contributed by atoms with Gasteiger partial charge in [0.05, 0.1) is 18.4 Å². The lowest BCUT2D eigenvalue weighted by Crippen LogP contribution is -2.62. The summed E-state index contributed by atoms with van der Waals surface area (Å²) >= 11 is 6.35. The zero-order valence-corrected chi connectivity index (χ0v) is 18.6. The predicted octanol–water partition coefficient (Wildman–Crippen LogP) is 3.82. The van der Waals surface area contributed by atoms with E-state index in [1.165, 1.54) is 11.3 Å². The molecule has 3 aromatic rings. The maximum atomic E-state index is 6.35. The first kappa shape index (κ1) is 19.2. The molecule has 6 rings (SSSR count). The Morgan fingerprint density at radius 1 is 1.10 bits per heavy atom. The molecule has 3 aliphatic rings. The van der Waals surface area contributed by atoms with E-state index in [1.54, 1.807) is 12.4 Å². The first-order chi connectivity index (χ1) is 15.0. The van der Waals surface area contributed by atoms with E-state index in [2.05, 4.69) is 55.4 Å². The van der Waals surface area contributed by atoms with Crippen molar-refractivity contribution >= 4 is 17.4 Å². The molecule has 1 saturated carbocycles. The van der Waals surface area contributed by atoms with Crippen molar-refractivity contribution in [1.82, 2.24) is 29.6 Å². The molecule has 160 valence electrons. The standard InChI is InChI=1S/C23H26ClN7/c1-15(2)29-11-16-7-18(24)3-4-19(16)31-21(12-29)27-28-22(31)17-8-23(9-17)13-30(14-23)20-10-25-5-6-26-20/h3-7,10,15,17H,8-9,11-14H2,1-2H3. The summed E-state index contributed by atoms with van der Waals surface area (Å²) in [6, 6.07) is 6.63. The Morgan fingerprint density at radius 3 is 2.68 bits per heavy atom. The van der Waals surface area contributed by atoms with Crippen LogP contribution in [-0.2, 0) is 13.1 Å². The van der Waals surface area contributed by atoms with Crippen LogP contribution in [0.25, 0.3) is 5.69 Å². The van der Waals surface area contributed by atoms with Crippen LogP contribution in [0.4, 0.5) is 5.82 Å². The fraction of sp³-hybridized carbons (Fsp3) is 0.478. The van der Waals surface area contributed by atoms with Crippen LogP contribution in [0, 0.1) is 5.41 Å². The highest BCUT2D eigenvalue weighted by Gasteiger charge is 2.54. The van der Waals surface area contributed by atoms with E-state index >= 15 is 0 Å². The second-order valence-electron chi connectivity index (χ2n) is 9.61. The van der Waals surface area contributed by atoms with Gasteiger partial charge in [-0.25, -0.2) is 4.98 Å². The summed E-state index contributed by atoms with van der Waals surface area (Å²) in [7, 11) is 0. The number of aromatic nitrogens is 5. The molecule has 1 saturated heterocycles. The van der Waals surface area contributed by atoms with Crippen molar-refractivity contribution in [3.8, 4) is 5.69 Å². The zero-order chi connectivity index (χ0) is 21.2. The maximum Gasteiger partial charge on any atom is 0.151 e. The predicted molar refractivity (Wildman–Crippen MR) is 119 cm³/mol. The number of halogens is 1. The summed E-state index contributed by atoms with van der Waals surface area (Å²) in [6.45, 7) is 8.24. The van der Waals surface area contributed by atoms with Crippen LogP contribution in [0.1, 0.15) is 49.8 Å². The Labute approximate surface area is 187 Å². The van der Waals surface area contributed by atoms with Gasteiger partial charge in [-0.15, -0.1) is 10.2 Å². The first-order valence-corrected chi connectivity index (χ1v) is 11.4. The van der Waals surface area contributed by atoms with Gasteiger partial charge >= 0.3 is 0 Å². The minimum atomic E-state index is 0.381. The van der Waals surface area contributed by atoms with E-state index in [-0.39, 0.29) is 0 Å². The lowest BCUT2D eigenvalue weighted by Gasteiger charge is -2.59. The van der Waals surface area contributed by atoms with Gasteiger partial charge in [0.1, 0.15) is 11.6 Å². The van der Waals surface area contributed by atoms with E-state index in [9.17, 15) is 0 Å². The van der Waals surface area contributed by atoms with Gasteiger partial charge in [0.2, 0.25) is 0 Å². The van der Waals surface area contributed by atoms with Crippen LogP contribution in [0.2, 0.25) is 5.02 Å². The molecule has 2 aromatic heterocycles. The van der Waals surface area contributed by atoms with Gasteiger partial charge in [-0.05, 0) is 50.5 Å². The SMILES string of the molecule is CC(C)N1Cc2cc(Cl)ccc2-n2c(nnc2C2CC3(C2)CN(c2cnccn2)C3)C1. The molecule has 2 aliphatic heterocycles. The molecule has 4 heterocycles. The topological polar surface area (TPSA) is 63.0 Å². The lowest BCUT2D eigenvalue weighted by atomic mass is 9.57. The Hall–Kier alpha value is -2.51. The summed E-state index contributed by atoms with van der Waals surface area (Å²) in [6.07, 6.45) is 7.64. The third-order valence-electron chi connectivity index (χ3n) is 7.14. The molecule has 2 fully saturated rings. The van der Waals surface area contributed by atoms with Crippen molar-refractivity contribution in [1.29, 1.82) is 0 Å². The molecule has 1 aromatic carbocycles. The fourth-order valence-corrected chi connectivity index (χ4v) is 5.68. The largest absolute Gasteiger partial charge is 0.354 e. The van der Waals surface area contributed by atoms with Gasteiger partial charge < -0.3 is 4.90 Å². The highest BCUT2D eigenvalue weighted by atomic mass is 35.5. The maximum absolute atomic E-state index is 6.35. The Balaban J connectivity index is 1.26. The van der Waals surface area contributed by atoms with Crippen LogP contribution >= 0.6 is 11.6 Å². The quantitative estimate of drug-likeness (QED) is 0.623. The average Bonchev–Trinajstić information content (AvgIpc) is 3.02. The molecular weight excluding hydrogens is 410 g/mol. The molecular formula is C23H26ClN7. The third-order valence-corrected chi connectivity index (χ3v) is 7.37. The van der Waals surface area contributed by atoms with E-state index in [0.29, 0.717) is 17.4 Å². The van der Waals surface area contributed by atoms with Crippen molar-refractivity contribution in [2.45, 2.75) is 51.7 Å². The number of benzene rings is 1. The Bertz CT molecular complexity index is 1110. The van der Waals surface area contributed by atoms with E-state index in [0.717, 1.165) is 61.5 Å². The molecule has 7 nitrogen and oxygen atoms in total. The van der Waals surface area contributed by atoms with E-state index in [4.69, 9.17) is 16.7 Å². The normalized spacial score (nSPS) is 20.2. The zero-order valence-electron chi connectivity index (χ0n) is 17.9. The Morgan fingerprint density at radius 2 is 1.94 bits per heavy atom. The molecule has 1 spiro atoms. The summed E-state index contributed by atoms with van der Waals surface area (Å²) in [5.41, 5.74) is 2.80. The Kier molecular flexibility index (Phi) is 4.34. The number of rotatable bonds is 3. The molecule has 0 N–H and O–H groups in total. The minimum absolute atomic E-state index is 0.381. The summed E-state index contributed by atoms with van der Waals surface area (Å²) in [5.74, 6) is 3.56. The smallest absolute Gasteiger partial charge is 0.151 e. The van der Waals surface area contributed by atoms with Crippen LogP contribution in [-0.4, -0.2) is 48.8 Å². The lowest BCUT2D eigenvalue weighted by molar-refractivity contribution is 0.0581. The van der Waals surface area contributed by atoms with Gasteiger partial charge in [-0.3, -0.25) is 14.5 Å². The van der Waals surface area contributed by atoms with Gasteiger partial charge in [0.15, 0.2) is 5.82 Å². The monoisotopic (exact) mass is 435 g/mol. The molecule has 0 unspecified atom stereocenters. The molecule has 0 bridgehead atoms. The average molecular weight is 436 g/mol. The highest BCUT2D eigenvalue weighted by molar-refractivity contribution is 6.30. The summed E-state index contributed by atoms with van der Waals surface area (Å²) in [5, 5.41) is 10.1. The molecule has 0 amide bonds. The second-order valence-corrected chi connectivity index (χ2v) is 10.0. The molecule has 0 atom stereocenters. The van der Waals surface area contributed by atoms with Crippen molar-refractivity contribution in [3.05, 3.63) is 59.0 Å². The van der Waals surface area contributed by atoms with Crippen molar-refractivity contribution in [2.75, 3.05) is 18.0 Å². The number of anilines is 1. The van der Waals surface area contributed by atoms with Gasteiger partial charge in [0.25, 0.3) is 0 Å². The van der Waals surface area contributed by atoms with E-state index < -0.39 is 0 Å². The van der Waals surface area contributed by atoms with Crippen molar-refractivity contribution < 1.29 is 0 Å². The van der Waals surface area contributed by atoms with Gasteiger partial charge in [-0.1, -0.05) is 11.6 Å². The summed E-state index contributed by atoms with van der Waals surface area (Å²) in [4.78, 5) is 13.4. The number of fused-ring (bicyclic) bond motifs is 3. The van der Waals surface area contributed by atoms with Gasteiger partial charge in [0, 0.05) is 54.4 Å². The van der Waals surface area contributed by atoms with Gasteiger partial charge in [-0.2, -0.15) is 0 Å². The van der Waals surface area contributed by atoms with E-state index in [1.807, 2.05) is 12.3 Å². The molecule has 8 heteroatoms. The third kappa shape index (κ3) is 3.13. The van der Waals surface area contributed by atoms with Crippen LogP contribution < -0.4 is 4.90 Å². The highest BCUT2D eigenvalue weighted by Crippen LogP contribution is 2.56. The number of hydrogen-bond donors (Lipinski definition) is 0. The van der Waals surface area contributed by atoms with Crippen LogP contribution in [0.3, 0.4) is 0 Å². The fourth-order valence-electron chi connectivity index (χ4n) is 5.49.